The predicted molar refractivity (Wildman–Crippen MR) is 223 cm³/mol. The molecule has 1 aliphatic carbocycles. The van der Waals surface area contributed by atoms with Crippen molar-refractivity contribution in [3.63, 3.8) is 0 Å². The zero-order chi connectivity index (χ0) is 46.5. The summed E-state index contributed by atoms with van der Waals surface area (Å²) in [5, 5.41) is 106. The SMILES string of the molecule is CC1=C[C@H](c2cc3ccc(=O)oc3cc2O[C@@H]2O[C@H](COC3OC[C@@H](O)[C@H](O)[C@H]3O)[C@@H](O)[C@H](O)[C@H]2O)[C@@](C)(/C=C/c2cc3ccc(=O)oc3cc2O[C@@H]2O[C@H](CO)[C@@H](O)[C@H](O)[C@H]2O)CC1. The molecule has 3 fully saturated rings. The average molecular weight is 913 g/mol. The van der Waals surface area contributed by atoms with Gasteiger partial charge in [-0.25, -0.2) is 9.59 Å². The molecule has 16 atom stereocenters. The Morgan fingerprint density at radius 1 is 0.692 bits per heavy atom. The largest absolute Gasteiger partial charge is 0.462 e. The fourth-order valence-electron chi connectivity index (χ4n) is 8.58. The van der Waals surface area contributed by atoms with E-state index < -0.39 is 122 Å². The van der Waals surface area contributed by atoms with Gasteiger partial charge in [0.1, 0.15) is 89.8 Å². The zero-order valence-electron chi connectivity index (χ0n) is 35.1. The van der Waals surface area contributed by atoms with Crippen LogP contribution in [0.4, 0.5) is 0 Å². The lowest BCUT2D eigenvalue weighted by Crippen LogP contribution is -2.61. The maximum Gasteiger partial charge on any atom is 0.336 e. The van der Waals surface area contributed by atoms with Crippen LogP contribution in [-0.2, 0) is 18.9 Å². The first-order chi connectivity index (χ1) is 30.9. The summed E-state index contributed by atoms with van der Waals surface area (Å²) >= 11 is 0. The molecule has 0 amide bonds. The summed E-state index contributed by atoms with van der Waals surface area (Å²) in [5.74, 6) is -0.389. The van der Waals surface area contributed by atoms with Gasteiger partial charge in [0.15, 0.2) is 6.29 Å². The second-order valence-corrected chi connectivity index (χ2v) is 17.2. The van der Waals surface area contributed by atoms with Crippen molar-refractivity contribution < 1.29 is 88.3 Å². The highest BCUT2D eigenvalue weighted by Crippen LogP contribution is 2.51. The second-order valence-electron chi connectivity index (χ2n) is 17.2. The monoisotopic (exact) mass is 912 g/mol. The molecule has 2 aromatic carbocycles. The maximum atomic E-state index is 12.4. The Kier molecular flexibility index (Phi) is 13.7. The molecule has 4 aliphatic rings. The molecule has 5 heterocycles. The van der Waals surface area contributed by atoms with Gasteiger partial charge in [0, 0.05) is 52.1 Å². The van der Waals surface area contributed by atoms with Crippen molar-refractivity contribution in [2.45, 2.75) is 119 Å². The van der Waals surface area contributed by atoms with Gasteiger partial charge in [0.25, 0.3) is 0 Å². The summed E-state index contributed by atoms with van der Waals surface area (Å²) in [6, 6.07) is 12.0. The lowest BCUT2D eigenvalue weighted by Gasteiger charge is -2.42. The van der Waals surface area contributed by atoms with Gasteiger partial charge >= 0.3 is 11.3 Å². The van der Waals surface area contributed by atoms with E-state index in [4.69, 9.17) is 37.3 Å². The lowest BCUT2D eigenvalue weighted by atomic mass is 9.66. The Hall–Kier alpha value is -4.62. The Morgan fingerprint density at radius 2 is 1.26 bits per heavy atom. The Bertz CT molecular complexity index is 2520. The molecule has 20 nitrogen and oxygen atoms in total. The van der Waals surface area contributed by atoms with Gasteiger partial charge in [-0.15, -0.1) is 0 Å². The fraction of sp³-hybridized carbons (Fsp3) is 0.511. The summed E-state index contributed by atoms with van der Waals surface area (Å²) in [5.41, 5.74) is 0.180. The van der Waals surface area contributed by atoms with E-state index in [0.717, 1.165) is 5.57 Å². The first-order valence-corrected chi connectivity index (χ1v) is 21.1. The number of allylic oxidation sites excluding steroid dienone is 3. The van der Waals surface area contributed by atoms with Gasteiger partial charge in [0.05, 0.1) is 19.8 Å². The van der Waals surface area contributed by atoms with Crippen LogP contribution >= 0.6 is 0 Å². The number of benzene rings is 2. The molecular formula is C45H52O20. The molecule has 3 saturated heterocycles. The van der Waals surface area contributed by atoms with Crippen LogP contribution in [0, 0.1) is 5.41 Å². The van der Waals surface area contributed by atoms with E-state index in [-0.39, 0.29) is 29.3 Å². The van der Waals surface area contributed by atoms with Crippen molar-refractivity contribution >= 4 is 28.0 Å². The van der Waals surface area contributed by atoms with Gasteiger partial charge in [-0.2, -0.15) is 0 Å². The molecule has 0 spiro atoms. The molecule has 4 aromatic rings. The third-order valence-electron chi connectivity index (χ3n) is 12.6. The first-order valence-electron chi connectivity index (χ1n) is 21.1. The quantitative estimate of drug-likeness (QED) is 0.0655. The molecular weight excluding hydrogens is 860 g/mol. The molecule has 0 saturated carbocycles. The van der Waals surface area contributed by atoms with Crippen LogP contribution in [-0.4, -0.2) is 157 Å². The van der Waals surface area contributed by atoms with E-state index in [1.807, 2.05) is 26.0 Å². The smallest absolute Gasteiger partial charge is 0.336 e. The molecule has 352 valence electrons. The highest BCUT2D eigenvalue weighted by atomic mass is 16.7. The molecule has 0 radical (unpaired) electrons. The molecule has 2 aromatic heterocycles. The number of hydrogen-bond acceptors (Lipinski definition) is 20. The molecule has 10 N–H and O–H groups in total. The van der Waals surface area contributed by atoms with E-state index in [2.05, 4.69) is 0 Å². The number of hydrogen-bond donors (Lipinski definition) is 10. The number of fused-ring (bicyclic) bond motifs is 2. The average Bonchev–Trinajstić information content (AvgIpc) is 3.28. The second kappa shape index (κ2) is 18.9. The summed E-state index contributed by atoms with van der Waals surface area (Å²) in [4.78, 5) is 24.6. The highest BCUT2D eigenvalue weighted by molar-refractivity contribution is 5.83. The van der Waals surface area contributed by atoms with Crippen LogP contribution in [0.25, 0.3) is 28.0 Å². The van der Waals surface area contributed by atoms with Gasteiger partial charge in [-0.05, 0) is 49.4 Å². The third-order valence-corrected chi connectivity index (χ3v) is 12.6. The van der Waals surface area contributed by atoms with Crippen molar-refractivity contribution in [3.05, 3.63) is 98.2 Å². The Morgan fingerprint density at radius 3 is 1.91 bits per heavy atom. The fourth-order valence-corrected chi connectivity index (χ4v) is 8.58. The molecule has 65 heavy (non-hydrogen) atoms. The van der Waals surface area contributed by atoms with Crippen molar-refractivity contribution in [2.24, 2.45) is 5.41 Å². The van der Waals surface area contributed by atoms with Crippen LogP contribution in [0.1, 0.15) is 43.7 Å². The van der Waals surface area contributed by atoms with Crippen molar-refractivity contribution in [1.29, 1.82) is 0 Å². The minimum atomic E-state index is -1.83. The predicted octanol–water partition coefficient (Wildman–Crippen LogP) is -0.736. The topological polar surface area (TPSA) is 318 Å². The first kappa shape index (κ1) is 46.9. The summed E-state index contributed by atoms with van der Waals surface area (Å²) in [7, 11) is 0. The van der Waals surface area contributed by atoms with Crippen molar-refractivity contribution in [3.8, 4) is 11.5 Å². The van der Waals surface area contributed by atoms with Crippen molar-refractivity contribution in [2.75, 3.05) is 19.8 Å². The molecule has 3 aliphatic heterocycles. The van der Waals surface area contributed by atoms with E-state index in [1.165, 1.54) is 24.3 Å². The molecule has 8 rings (SSSR count). The maximum absolute atomic E-state index is 12.4. The summed E-state index contributed by atoms with van der Waals surface area (Å²) in [6.07, 6.45) is -15.4. The number of rotatable bonds is 11. The minimum Gasteiger partial charge on any atom is -0.462 e. The van der Waals surface area contributed by atoms with E-state index in [9.17, 15) is 60.7 Å². The summed E-state index contributed by atoms with van der Waals surface area (Å²) < 4.78 is 45.9. The van der Waals surface area contributed by atoms with E-state index >= 15 is 0 Å². The van der Waals surface area contributed by atoms with Crippen LogP contribution in [0.2, 0.25) is 0 Å². The van der Waals surface area contributed by atoms with Crippen LogP contribution in [0.5, 0.6) is 11.5 Å². The lowest BCUT2D eigenvalue weighted by molar-refractivity contribution is -0.307. The number of aliphatic hydroxyl groups excluding tert-OH is 10. The van der Waals surface area contributed by atoms with Crippen LogP contribution in [0.3, 0.4) is 0 Å². The van der Waals surface area contributed by atoms with Gasteiger partial charge in [-0.3, -0.25) is 0 Å². The normalized spacial score (nSPS) is 36.8. The summed E-state index contributed by atoms with van der Waals surface area (Å²) in [6.45, 7) is 2.39. The van der Waals surface area contributed by atoms with Gasteiger partial charge in [-0.1, -0.05) is 30.7 Å². The Balaban J connectivity index is 1.14. The molecule has 20 heteroatoms. The van der Waals surface area contributed by atoms with Gasteiger partial charge < -0.3 is 88.3 Å². The minimum absolute atomic E-state index is 0.0564. The zero-order valence-corrected chi connectivity index (χ0v) is 35.1. The van der Waals surface area contributed by atoms with E-state index in [0.29, 0.717) is 34.7 Å². The molecule has 1 unspecified atom stereocenters. The number of aliphatic hydroxyl groups is 10. The Labute approximate surface area is 369 Å². The standard InChI is InChI=1S/C45H52O20/c1-19-7-9-45(2,10-8-22-12-20-3-5-32(48)60-26(20)14-28(22)62-43-40(56)37(53)35(51)30(16-46)64-43)24(11-19)23-13-21-4-6-33(49)61-27(21)15-29(23)63-44-41(57)38(54)36(52)31(65-44)18-59-42-39(55)34(50)25(47)17-58-42/h3-6,8,10-15,24-25,30-31,34-44,46-47,50-57H,7,9,16-18H2,1-2H3/b10-8+/t24-,25-,30-,31-,34+,35-,36-,37+,38+,39-,40-,41-,42?,43-,44-,45-/m1/s1. The van der Waals surface area contributed by atoms with Gasteiger partial charge in [0.2, 0.25) is 12.6 Å². The number of ether oxygens (including phenoxy) is 6. The van der Waals surface area contributed by atoms with Crippen molar-refractivity contribution in [1.82, 2.24) is 0 Å². The van der Waals surface area contributed by atoms with Crippen LogP contribution in [0.15, 0.2) is 84.7 Å². The third kappa shape index (κ3) is 9.51. The highest BCUT2D eigenvalue weighted by Gasteiger charge is 2.48. The van der Waals surface area contributed by atoms with Crippen LogP contribution < -0.4 is 20.7 Å². The van der Waals surface area contributed by atoms with E-state index in [1.54, 1.807) is 30.3 Å². The molecule has 0 bridgehead atoms.